The first kappa shape index (κ1) is 31.4. The first-order valence-electron chi connectivity index (χ1n) is 12.9. The Bertz CT molecular complexity index is 1190. The molecule has 0 unspecified atom stereocenters. The van der Waals surface area contributed by atoms with Crippen molar-refractivity contribution in [1.82, 2.24) is 10.2 Å². The maximum Gasteiger partial charge on any atom is 0.243 e. The molecular formula is C28H40ClN3O5S. The second-order valence-electron chi connectivity index (χ2n) is 9.43. The first-order chi connectivity index (χ1) is 17.9. The van der Waals surface area contributed by atoms with Crippen LogP contribution in [0.1, 0.15) is 57.6 Å². The molecule has 0 aliphatic heterocycles. The average Bonchev–Trinajstić information content (AvgIpc) is 2.87. The van der Waals surface area contributed by atoms with E-state index in [1.807, 2.05) is 45.0 Å². The molecule has 0 saturated carbocycles. The molecule has 8 nitrogen and oxygen atoms in total. The standard InChI is InChI=1S/C28H40ClN3O5S/c1-7-20(3)30-28(34)25(8-2)31(19-22-14-16-23(37-5)17-15-22)27(33)13-10-18-32(38(6,35)36)26-12-9-11-24(29)21(26)4/h9,11-12,14-17,20,25H,7-8,10,13,18-19H2,1-6H3,(H,30,34)/t20-,25-/m1/s1. The van der Waals surface area contributed by atoms with Crippen LogP contribution in [0.15, 0.2) is 42.5 Å². The Kier molecular flexibility index (Phi) is 11.9. The zero-order chi connectivity index (χ0) is 28.5. The SMILES string of the molecule is CC[C@@H](C)NC(=O)[C@@H](CC)N(Cc1ccc(OC)cc1)C(=O)CCCN(c1cccc(Cl)c1C)S(C)(=O)=O. The van der Waals surface area contributed by atoms with Gasteiger partial charge in [0.2, 0.25) is 21.8 Å². The van der Waals surface area contributed by atoms with Crippen molar-refractivity contribution in [3.8, 4) is 5.75 Å². The Morgan fingerprint density at radius 2 is 1.74 bits per heavy atom. The number of carbonyl (C=O) groups is 2. The zero-order valence-electron chi connectivity index (χ0n) is 23.2. The highest BCUT2D eigenvalue weighted by atomic mass is 35.5. The van der Waals surface area contributed by atoms with Gasteiger partial charge in [-0.25, -0.2) is 8.42 Å². The summed E-state index contributed by atoms with van der Waals surface area (Å²) < 4.78 is 31.7. The lowest BCUT2D eigenvalue weighted by atomic mass is 10.1. The second-order valence-corrected chi connectivity index (χ2v) is 11.7. The molecule has 2 aromatic carbocycles. The molecule has 2 amide bonds. The van der Waals surface area contributed by atoms with Gasteiger partial charge in [-0.3, -0.25) is 13.9 Å². The summed E-state index contributed by atoms with van der Waals surface area (Å²) in [4.78, 5) is 28.3. The third-order valence-corrected chi connectivity index (χ3v) is 8.15. The van der Waals surface area contributed by atoms with E-state index in [9.17, 15) is 18.0 Å². The molecule has 2 atom stereocenters. The first-order valence-corrected chi connectivity index (χ1v) is 15.1. The van der Waals surface area contributed by atoms with Gasteiger partial charge in [-0.15, -0.1) is 0 Å². The van der Waals surface area contributed by atoms with Crippen molar-refractivity contribution in [1.29, 1.82) is 0 Å². The molecule has 0 saturated heterocycles. The Balaban J connectivity index is 2.26. The molecule has 0 radical (unpaired) electrons. The van der Waals surface area contributed by atoms with E-state index in [4.69, 9.17) is 16.3 Å². The predicted octanol–water partition coefficient (Wildman–Crippen LogP) is 4.93. The molecule has 0 aliphatic rings. The van der Waals surface area contributed by atoms with Gasteiger partial charge in [0.15, 0.2) is 0 Å². The Morgan fingerprint density at radius 3 is 2.29 bits per heavy atom. The highest BCUT2D eigenvalue weighted by Crippen LogP contribution is 2.28. The number of hydrogen-bond donors (Lipinski definition) is 1. The van der Waals surface area contributed by atoms with E-state index in [1.54, 1.807) is 37.1 Å². The van der Waals surface area contributed by atoms with Crippen LogP contribution in [0.2, 0.25) is 5.02 Å². The minimum absolute atomic E-state index is 0.0151. The number of nitrogens with one attached hydrogen (secondary N) is 1. The fourth-order valence-electron chi connectivity index (χ4n) is 4.14. The number of hydrogen-bond acceptors (Lipinski definition) is 5. The topological polar surface area (TPSA) is 96.0 Å². The average molecular weight is 566 g/mol. The third-order valence-electron chi connectivity index (χ3n) is 6.56. The lowest BCUT2D eigenvalue weighted by Gasteiger charge is -2.32. The van der Waals surface area contributed by atoms with Crippen LogP contribution in [0.25, 0.3) is 0 Å². The van der Waals surface area contributed by atoms with Crippen LogP contribution in [-0.2, 0) is 26.2 Å². The van der Waals surface area contributed by atoms with Gasteiger partial charge in [0, 0.05) is 30.6 Å². The molecule has 2 rings (SSSR count). The fourth-order valence-corrected chi connectivity index (χ4v) is 5.32. The van der Waals surface area contributed by atoms with Gasteiger partial charge in [-0.05, 0) is 68.5 Å². The van der Waals surface area contributed by atoms with Gasteiger partial charge in [0.1, 0.15) is 11.8 Å². The highest BCUT2D eigenvalue weighted by molar-refractivity contribution is 7.92. The third kappa shape index (κ3) is 8.63. The summed E-state index contributed by atoms with van der Waals surface area (Å²) in [6.45, 7) is 7.91. The van der Waals surface area contributed by atoms with Crippen LogP contribution >= 0.6 is 11.6 Å². The van der Waals surface area contributed by atoms with Crippen molar-refractivity contribution < 1.29 is 22.7 Å². The number of nitrogens with zero attached hydrogens (tertiary/aromatic N) is 2. The van der Waals surface area contributed by atoms with Crippen molar-refractivity contribution in [2.45, 2.75) is 72.0 Å². The van der Waals surface area contributed by atoms with Gasteiger partial charge in [-0.1, -0.05) is 43.6 Å². The van der Waals surface area contributed by atoms with Gasteiger partial charge in [0.25, 0.3) is 0 Å². The molecule has 210 valence electrons. The smallest absolute Gasteiger partial charge is 0.243 e. The number of anilines is 1. The van der Waals surface area contributed by atoms with Crippen LogP contribution in [-0.4, -0.2) is 57.1 Å². The minimum atomic E-state index is -3.61. The molecular weight excluding hydrogens is 526 g/mol. The summed E-state index contributed by atoms with van der Waals surface area (Å²) in [6, 6.07) is 11.8. The largest absolute Gasteiger partial charge is 0.497 e. The predicted molar refractivity (Wildman–Crippen MR) is 153 cm³/mol. The number of benzene rings is 2. The number of halogens is 1. The molecule has 0 aromatic heterocycles. The maximum atomic E-state index is 13.6. The van der Waals surface area contributed by atoms with Crippen LogP contribution in [0.4, 0.5) is 5.69 Å². The molecule has 1 N–H and O–H groups in total. The fraction of sp³-hybridized carbons (Fsp3) is 0.500. The molecule has 0 heterocycles. The molecule has 0 aliphatic carbocycles. The van der Waals surface area contributed by atoms with Gasteiger partial charge in [-0.2, -0.15) is 0 Å². The number of sulfonamides is 1. The molecule has 0 bridgehead atoms. The molecule has 0 fully saturated rings. The Hall–Kier alpha value is -2.78. The molecule has 2 aromatic rings. The van der Waals surface area contributed by atoms with Crippen LogP contribution < -0.4 is 14.4 Å². The molecule has 38 heavy (non-hydrogen) atoms. The van der Waals surface area contributed by atoms with E-state index in [0.29, 0.717) is 28.4 Å². The van der Waals surface area contributed by atoms with E-state index < -0.39 is 16.1 Å². The number of carbonyl (C=O) groups excluding carboxylic acids is 2. The van der Waals surface area contributed by atoms with E-state index in [0.717, 1.165) is 18.2 Å². The van der Waals surface area contributed by atoms with Crippen LogP contribution in [0.5, 0.6) is 5.75 Å². The number of methoxy groups -OCH3 is 1. The molecule has 0 spiro atoms. The van der Waals surface area contributed by atoms with Gasteiger partial charge < -0.3 is 15.0 Å². The summed E-state index contributed by atoms with van der Waals surface area (Å²) in [5, 5.41) is 3.46. The minimum Gasteiger partial charge on any atom is -0.497 e. The monoisotopic (exact) mass is 565 g/mol. The van der Waals surface area contributed by atoms with Crippen molar-refractivity contribution in [3.05, 3.63) is 58.6 Å². The lowest BCUT2D eigenvalue weighted by Crippen LogP contribution is -2.50. The summed E-state index contributed by atoms with van der Waals surface area (Å²) in [5.41, 5.74) is 2.00. The Labute approximate surface area is 232 Å². The van der Waals surface area contributed by atoms with E-state index in [2.05, 4.69) is 5.32 Å². The summed E-state index contributed by atoms with van der Waals surface area (Å²) in [5.74, 6) is 0.282. The van der Waals surface area contributed by atoms with Crippen molar-refractivity contribution in [2.24, 2.45) is 0 Å². The van der Waals surface area contributed by atoms with Gasteiger partial charge >= 0.3 is 0 Å². The highest BCUT2D eigenvalue weighted by Gasteiger charge is 2.29. The van der Waals surface area contributed by atoms with Crippen molar-refractivity contribution in [3.63, 3.8) is 0 Å². The van der Waals surface area contributed by atoms with Gasteiger partial charge in [0.05, 0.1) is 19.1 Å². The quantitative estimate of drug-likeness (QED) is 0.350. The Morgan fingerprint density at radius 1 is 1.08 bits per heavy atom. The molecule has 10 heteroatoms. The van der Waals surface area contributed by atoms with Crippen molar-refractivity contribution >= 4 is 39.1 Å². The van der Waals surface area contributed by atoms with E-state index in [1.165, 1.54) is 4.31 Å². The van der Waals surface area contributed by atoms with Crippen LogP contribution in [0, 0.1) is 6.92 Å². The number of ether oxygens (including phenoxy) is 1. The normalized spacial score (nSPS) is 12.9. The van der Waals surface area contributed by atoms with E-state index in [-0.39, 0.29) is 43.8 Å². The summed E-state index contributed by atoms with van der Waals surface area (Å²) >= 11 is 6.23. The second kappa shape index (κ2) is 14.4. The summed E-state index contributed by atoms with van der Waals surface area (Å²) in [7, 11) is -2.02. The maximum absolute atomic E-state index is 13.6. The van der Waals surface area contributed by atoms with Crippen LogP contribution in [0.3, 0.4) is 0 Å². The van der Waals surface area contributed by atoms with Crippen molar-refractivity contribution in [2.75, 3.05) is 24.2 Å². The summed E-state index contributed by atoms with van der Waals surface area (Å²) in [6.07, 6.45) is 2.72. The van der Waals surface area contributed by atoms with E-state index >= 15 is 0 Å². The zero-order valence-corrected chi connectivity index (χ0v) is 24.7. The number of amides is 2. The lowest BCUT2D eigenvalue weighted by molar-refractivity contribution is -0.141. The number of rotatable bonds is 14.